The number of aliphatic hydroxyl groups excluding tert-OH is 1. The van der Waals surface area contributed by atoms with E-state index in [1.807, 2.05) is 24.3 Å². The second kappa shape index (κ2) is 4.99. The lowest BCUT2D eigenvalue weighted by molar-refractivity contribution is -0.127. The number of carbonyl (C=O) groups is 1. The summed E-state index contributed by atoms with van der Waals surface area (Å²) >= 11 is 0. The Kier molecular flexibility index (Phi) is 3.41. The molecule has 1 heterocycles. The van der Waals surface area contributed by atoms with Gasteiger partial charge < -0.3 is 15.2 Å². The van der Waals surface area contributed by atoms with Gasteiger partial charge >= 0.3 is 0 Å². The zero-order valence-electron chi connectivity index (χ0n) is 8.98. The lowest BCUT2D eigenvalue weighted by atomic mass is 10.1. The quantitative estimate of drug-likeness (QED) is 0.727. The molecule has 0 spiro atoms. The first-order chi connectivity index (χ1) is 7.81. The maximum Gasteiger partial charge on any atom is 0.261 e. The molecule has 0 fully saturated rings. The number of nitrogens with one attached hydrogen (secondary N) is 1. The van der Waals surface area contributed by atoms with Crippen molar-refractivity contribution in [1.29, 1.82) is 0 Å². The van der Waals surface area contributed by atoms with Crippen molar-refractivity contribution >= 4 is 5.91 Å². The van der Waals surface area contributed by atoms with Gasteiger partial charge in [-0.3, -0.25) is 4.79 Å². The molecule has 1 aliphatic heterocycles. The van der Waals surface area contributed by atoms with E-state index in [-0.39, 0.29) is 12.5 Å². The first-order valence-corrected chi connectivity index (χ1v) is 5.44. The molecule has 0 aromatic heterocycles. The number of rotatable bonds is 4. The maximum absolute atomic E-state index is 11.7. The third-order valence-electron chi connectivity index (χ3n) is 2.57. The fourth-order valence-electron chi connectivity index (χ4n) is 1.73. The third-order valence-corrected chi connectivity index (χ3v) is 2.57. The number of hydrogen-bond donors (Lipinski definition) is 2. The highest BCUT2D eigenvalue weighted by atomic mass is 16.5. The molecule has 0 saturated heterocycles. The Bertz CT molecular complexity index is 353. The summed E-state index contributed by atoms with van der Waals surface area (Å²) < 4.78 is 5.52. The van der Waals surface area contributed by atoms with Crippen molar-refractivity contribution in [2.75, 3.05) is 13.2 Å². The SMILES string of the molecule is O=C(NCCCO)C1Cc2ccccc2O1. The van der Waals surface area contributed by atoms with Gasteiger partial charge in [-0.25, -0.2) is 0 Å². The van der Waals surface area contributed by atoms with Gasteiger partial charge in [-0.05, 0) is 18.1 Å². The second-order valence-corrected chi connectivity index (χ2v) is 3.79. The summed E-state index contributed by atoms with van der Waals surface area (Å²) in [6, 6.07) is 7.67. The smallest absolute Gasteiger partial charge is 0.261 e. The van der Waals surface area contributed by atoms with Crippen LogP contribution in [0.1, 0.15) is 12.0 Å². The first-order valence-electron chi connectivity index (χ1n) is 5.44. The number of benzene rings is 1. The van der Waals surface area contributed by atoms with Gasteiger partial charge in [0.1, 0.15) is 5.75 Å². The van der Waals surface area contributed by atoms with E-state index >= 15 is 0 Å². The van der Waals surface area contributed by atoms with Crippen LogP contribution in [0.2, 0.25) is 0 Å². The van der Waals surface area contributed by atoms with Crippen molar-refractivity contribution in [3.05, 3.63) is 29.8 Å². The molecule has 2 N–H and O–H groups in total. The van der Waals surface area contributed by atoms with Crippen LogP contribution in [-0.2, 0) is 11.2 Å². The largest absolute Gasteiger partial charge is 0.480 e. The average molecular weight is 221 g/mol. The predicted octanol–water partition coefficient (Wildman–Crippen LogP) is 0.489. The Balaban J connectivity index is 1.88. The number of para-hydroxylation sites is 1. The number of carbonyl (C=O) groups excluding carboxylic acids is 1. The molecule has 86 valence electrons. The van der Waals surface area contributed by atoms with Gasteiger partial charge in [-0.1, -0.05) is 18.2 Å². The minimum absolute atomic E-state index is 0.0893. The monoisotopic (exact) mass is 221 g/mol. The van der Waals surface area contributed by atoms with Crippen molar-refractivity contribution in [2.45, 2.75) is 18.9 Å². The molecular weight excluding hydrogens is 206 g/mol. The fourth-order valence-corrected chi connectivity index (χ4v) is 1.73. The number of hydrogen-bond acceptors (Lipinski definition) is 3. The van der Waals surface area contributed by atoms with Crippen molar-refractivity contribution in [1.82, 2.24) is 5.32 Å². The van der Waals surface area contributed by atoms with E-state index in [0.29, 0.717) is 19.4 Å². The molecule has 2 rings (SSSR count). The maximum atomic E-state index is 11.7. The lowest BCUT2D eigenvalue weighted by Gasteiger charge is -2.10. The Morgan fingerprint density at radius 3 is 3.06 bits per heavy atom. The van der Waals surface area contributed by atoms with Gasteiger partial charge in [0.2, 0.25) is 0 Å². The van der Waals surface area contributed by atoms with E-state index < -0.39 is 6.10 Å². The molecule has 1 unspecified atom stereocenters. The summed E-state index contributed by atoms with van der Waals surface area (Å²) in [4.78, 5) is 11.7. The van der Waals surface area contributed by atoms with Crippen molar-refractivity contribution in [3.63, 3.8) is 0 Å². The van der Waals surface area contributed by atoms with Crippen LogP contribution in [0.4, 0.5) is 0 Å². The van der Waals surface area contributed by atoms with Crippen LogP contribution >= 0.6 is 0 Å². The van der Waals surface area contributed by atoms with E-state index in [1.54, 1.807) is 0 Å². The lowest BCUT2D eigenvalue weighted by Crippen LogP contribution is -2.38. The second-order valence-electron chi connectivity index (χ2n) is 3.79. The molecule has 1 aromatic carbocycles. The number of amides is 1. The zero-order valence-corrected chi connectivity index (χ0v) is 8.98. The summed E-state index contributed by atoms with van der Waals surface area (Å²) in [6.45, 7) is 0.581. The molecule has 4 heteroatoms. The fraction of sp³-hybridized carbons (Fsp3) is 0.417. The summed E-state index contributed by atoms with van der Waals surface area (Å²) in [7, 11) is 0. The molecule has 1 amide bonds. The Morgan fingerprint density at radius 2 is 2.31 bits per heavy atom. The highest BCUT2D eigenvalue weighted by molar-refractivity contribution is 5.82. The molecule has 1 aliphatic rings. The molecule has 1 atom stereocenters. The van der Waals surface area contributed by atoms with Gasteiger partial charge in [0.15, 0.2) is 6.10 Å². The van der Waals surface area contributed by atoms with Crippen molar-refractivity contribution in [2.24, 2.45) is 0 Å². The van der Waals surface area contributed by atoms with Crippen LogP contribution in [-0.4, -0.2) is 30.3 Å². The van der Waals surface area contributed by atoms with Crippen molar-refractivity contribution < 1.29 is 14.6 Å². The Labute approximate surface area is 94.2 Å². The number of aliphatic hydroxyl groups is 1. The van der Waals surface area contributed by atoms with Crippen LogP contribution in [0.3, 0.4) is 0 Å². The summed E-state index contributed by atoms with van der Waals surface area (Å²) in [5.74, 6) is 0.689. The highest BCUT2D eigenvalue weighted by Gasteiger charge is 2.28. The number of fused-ring (bicyclic) bond motifs is 1. The normalized spacial score (nSPS) is 17.7. The Morgan fingerprint density at radius 1 is 1.50 bits per heavy atom. The van der Waals surface area contributed by atoms with Gasteiger partial charge in [-0.2, -0.15) is 0 Å². The zero-order chi connectivity index (χ0) is 11.4. The summed E-state index contributed by atoms with van der Waals surface area (Å²) in [5.41, 5.74) is 1.07. The topological polar surface area (TPSA) is 58.6 Å². The van der Waals surface area contributed by atoms with Crippen molar-refractivity contribution in [3.8, 4) is 5.75 Å². The van der Waals surface area contributed by atoms with Gasteiger partial charge in [0.05, 0.1) is 0 Å². The standard InChI is InChI=1S/C12H15NO3/c14-7-3-6-13-12(15)11-8-9-4-1-2-5-10(9)16-11/h1-2,4-5,11,14H,3,6-8H2,(H,13,15). The van der Waals surface area contributed by atoms with E-state index in [4.69, 9.17) is 9.84 Å². The van der Waals surface area contributed by atoms with Crippen LogP contribution < -0.4 is 10.1 Å². The van der Waals surface area contributed by atoms with Crippen LogP contribution in [0.25, 0.3) is 0 Å². The summed E-state index contributed by atoms with van der Waals surface area (Å²) in [6.07, 6.45) is 0.781. The van der Waals surface area contributed by atoms with Crippen LogP contribution in [0.15, 0.2) is 24.3 Å². The van der Waals surface area contributed by atoms with E-state index in [9.17, 15) is 4.79 Å². The highest BCUT2D eigenvalue weighted by Crippen LogP contribution is 2.27. The third kappa shape index (κ3) is 2.33. The first kappa shape index (κ1) is 11.0. The molecule has 0 saturated carbocycles. The minimum Gasteiger partial charge on any atom is -0.480 e. The molecular formula is C12H15NO3. The molecule has 4 nitrogen and oxygen atoms in total. The van der Waals surface area contributed by atoms with E-state index in [1.165, 1.54) is 0 Å². The number of ether oxygens (including phenoxy) is 1. The average Bonchev–Trinajstić information content (AvgIpc) is 2.73. The molecule has 0 radical (unpaired) electrons. The van der Waals surface area contributed by atoms with Gasteiger partial charge in [0, 0.05) is 19.6 Å². The molecule has 0 aliphatic carbocycles. The van der Waals surface area contributed by atoms with E-state index in [0.717, 1.165) is 11.3 Å². The molecule has 0 bridgehead atoms. The Hall–Kier alpha value is -1.55. The van der Waals surface area contributed by atoms with E-state index in [2.05, 4.69) is 5.32 Å². The van der Waals surface area contributed by atoms with Crippen LogP contribution in [0, 0.1) is 0 Å². The molecule has 1 aromatic rings. The van der Waals surface area contributed by atoms with Gasteiger partial charge in [0.25, 0.3) is 5.91 Å². The minimum atomic E-state index is -0.420. The van der Waals surface area contributed by atoms with Crippen LogP contribution in [0.5, 0.6) is 5.75 Å². The van der Waals surface area contributed by atoms with Gasteiger partial charge in [-0.15, -0.1) is 0 Å². The summed E-state index contributed by atoms with van der Waals surface area (Å²) in [5, 5.41) is 11.3. The predicted molar refractivity (Wildman–Crippen MR) is 59.3 cm³/mol. The molecule has 16 heavy (non-hydrogen) atoms.